The van der Waals surface area contributed by atoms with E-state index in [1.807, 2.05) is 13.8 Å². The number of hydrogen-bond acceptors (Lipinski definition) is 19. The van der Waals surface area contributed by atoms with Crippen molar-refractivity contribution in [2.75, 3.05) is 19.8 Å². The highest BCUT2D eigenvalue weighted by atomic mass is 16.8. The van der Waals surface area contributed by atoms with Crippen LogP contribution in [0.4, 0.5) is 0 Å². The molecule has 404 valence electrons. The second-order valence-electron chi connectivity index (χ2n) is 19.9. The zero-order valence-electron chi connectivity index (χ0n) is 42.1. The zero-order chi connectivity index (χ0) is 50.9. The first-order valence-electron chi connectivity index (χ1n) is 26.1. The highest BCUT2D eigenvalue weighted by Gasteiger charge is 2.52. The predicted molar refractivity (Wildman–Crippen MR) is 250 cm³/mol. The summed E-state index contributed by atoms with van der Waals surface area (Å²) in [5, 5.41) is 86.5. The Labute approximate surface area is 409 Å². The number of aliphatic hydroxyl groups is 8. The van der Waals surface area contributed by atoms with Crippen LogP contribution in [-0.4, -0.2) is 177 Å². The summed E-state index contributed by atoms with van der Waals surface area (Å²) in [6, 6.07) is 0. The first-order valence-corrected chi connectivity index (χ1v) is 26.1. The minimum atomic E-state index is -1.89. The molecule has 0 radical (unpaired) electrons. The Morgan fingerprint density at radius 1 is 0.594 bits per heavy atom. The van der Waals surface area contributed by atoms with Gasteiger partial charge in [0.25, 0.3) is 0 Å². The predicted octanol–water partition coefficient (Wildman–Crippen LogP) is 3.79. The van der Waals surface area contributed by atoms with Crippen LogP contribution in [0, 0.1) is 5.92 Å². The summed E-state index contributed by atoms with van der Waals surface area (Å²) in [6.45, 7) is 7.14. The number of esters is 2. The van der Waals surface area contributed by atoms with Crippen LogP contribution in [0.25, 0.3) is 0 Å². The van der Waals surface area contributed by atoms with Crippen molar-refractivity contribution < 1.29 is 93.1 Å². The summed E-state index contributed by atoms with van der Waals surface area (Å²) in [5.74, 6) is -1.50. The maximum atomic E-state index is 12.3. The molecule has 8 N–H and O–H groups in total. The molecule has 3 aliphatic heterocycles. The Balaban J connectivity index is 1.59. The van der Waals surface area contributed by atoms with Crippen LogP contribution in [0.15, 0.2) is 0 Å². The van der Waals surface area contributed by atoms with E-state index in [4.69, 9.17) is 37.9 Å². The molecule has 19 nitrogen and oxygen atoms in total. The average molecular weight is 995 g/mol. The number of Topliss-reactive ketones (excluding diaryl/α,β-unsaturated/α-hetero) is 1. The van der Waals surface area contributed by atoms with Gasteiger partial charge in [-0.25, -0.2) is 0 Å². The largest absolute Gasteiger partial charge is 0.463 e. The van der Waals surface area contributed by atoms with E-state index in [-0.39, 0.29) is 30.8 Å². The first-order chi connectivity index (χ1) is 32.9. The lowest BCUT2D eigenvalue weighted by atomic mass is 9.98. The van der Waals surface area contributed by atoms with Crippen LogP contribution in [0.1, 0.15) is 176 Å². The Morgan fingerprint density at radius 2 is 1.13 bits per heavy atom. The lowest BCUT2D eigenvalue weighted by molar-refractivity contribution is -0.380. The van der Waals surface area contributed by atoms with E-state index >= 15 is 0 Å². The topological polar surface area (TPSA) is 287 Å². The van der Waals surface area contributed by atoms with E-state index in [1.165, 1.54) is 39.0 Å². The SMILES string of the molecule is CCCCCCC(CCCC(O)CCCCCCCCCCCCC[C@@H](O)C(C)=O)O[C@H]1OC[C@H](O)[C@@H](O)[C@@H]1O[C@H]1OC[C@H](OC(C)=O)[C@@H](O)[C@@H]1O[C@H]1O[C@@H](COC(=O)CC(C)C)[C@H](O)[C@@H](O)[C@@H]1O. The van der Waals surface area contributed by atoms with Crippen molar-refractivity contribution >= 4 is 17.7 Å². The molecule has 0 aromatic heterocycles. The Morgan fingerprint density at radius 3 is 1.74 bits per heavy atom. The fourth-order valence-electron chi connectivity index (χ4n) is 8.91. The zero-order valence-corrected chi connectivity index (χ0v) is 42.1. The number of hydrogen-bond donors (Lipinski definition) is 8. The number of aliphatic hydroxyl groups excluding tert-OH is 8. The van der Waals surface area contributed by atoms with E-state index in [0.29, 0.717) is 38.5 Å². The molecule has 0 spiro atoms. The Hall–Kier alpha value is -1.95. The Bertz CT molecular complexity index is 1410. The Kier molecular flexibility index (Phi) is 30.0. The van der Waals surface area contributed by atoms with Crippen LogP contribution in [-0.2, 0) is 52.3 Å². The summed E-state index contributed by atoms with van der Waals surface area (Å²) in [4.78, 5) is 35.4. The number of ether oxygens (including phenoxy) is 8. The molecular weight excluding hydrogens is 905 g/mol. The molecule has 3 rings (SSSR count). The average Bonchev–Trinajstić information content (AvgIpc) is 3.29. The summed E-state index contributed by atoms with van der Waals surface area (Å²) < 4.78 is 46.9. The van der Waals surface area contributed by atoms with Crippen molar-refractivity contribution in [3.63, 3.8) is 0 Å². The molecule has 0 aliphatic carbocycles. The van der Waals surface area contributed by atoms with E-state index in [1.54, 1.807) is 0 Å². The number of ketones is 1. The van der Waals surface area contributed by atoms with Crippen molar-refractivity contribution in [1.82, 2.24) is 0 Å². The van der Waals surface area contributed by atoms with Gasteiger partial charge in [0.2, 0.25) is 0 Å². The third kappa shape index (κ3) is 22.8. The van der Waals surface area contributed by atoms with Gasteiger partial charge < -0.3 is 78.7 Å². The highest BCUT2D eigenvalue weighted by Crippen LogP contribution is 2.33. The molecule has 16 atom stereocenters. The van der Waals surface area contributed by atoms with Gasteiger partial charge >= 0.3 is 11.9 Å². The summed E-state index contributed by atoms with van der Waals surface area (Å²) in [5.41, 5.74) is 0. The molecule has 0 bridgehead atoms. The molecule has 3 fully saturated rings. The summed E-state index contributed by atoms with van der Waals surface area (Å²) in [7, 11) is 0. The van der Waals surface area contributed by atoms with Crippen LogP contribution < -0.4 is 0 Å². The third-order valence-corrected chi connectivity index (χ3v) is 13.1. The lowest BCUT2D eigenvalue weighted by Crippen LogP contribution is -2.65. The molecule has 69 heavy (non-hydrogen) atoms. The van der Waals surface area contributed by atoms with Crippen LogP contribution in [0.5, 0.6) is 0 Å². The van der Waals surface area contributed by atoms with Gasteiger partial charge in [-0.2, -0.15) is 0 Å². The van der Waals surface area contributed by atoms with Crippen molar-refractivity contribution in [3.05, 3.63) is 0 Å². The van der Waals surface area contributed by atoms with Crippen LogP contribution >= 0.6 is 0 Å². The minimum Gasteiger partial charge on any atom is -0.463 e. The molecule has 3 saturated heterocycles. The summed E-state index contributed by atoms with van der Waals surface area (Å²) in [6.07, 6.45) is -2.36. The van der Waals surface area contributed by atoms with Gasteiger partial charge in [-0.1, -0.05) is 117 Å². The first kappa shape index (κ1) is 61.4. The molecule has 0 aromatic carbocycles. The molecule has 0 amide bonds. The standard InChI is InChI=1S/C50H90O19/c1-6-7-8-19-24-35(25-21-23-34(53)22-18-16-14-12-10-9-11-13-15-17-20-26-36(54)32(4)51)66-49-46(41(57)37(55)28-63-49)69-50-47(43(59)39(30-64-50)65-33(5)52)68-48-45(61)44(60)42(58)38(67-48)29-62-40(56)27-31(2)3/h31,34-39,41-50,53-55,57-61H,6-30H2,1-5H3/t34?,35?,36-,37+,38+,39+,41-,42+,43-,44-,45+,46+,47+,48-,49-,50-/m1/s1. The smallest absolute Gasteiger partial charge is 0.306 e. The van der Waals surface area contributed by atoms with E-state index < -0.39 is 117 Å². The highest BCUT2D eigenvalue weighted by molar-refractivity contribution is 5.80. The van der Waals surface area contributed by atoms with E-state index in [2.05, 4.69) is 6.92 Å². The van der Waals surface area contributed by atoms with Crippen LogP contribution in [0.2, 0.25) is 0 Å². The van der Waals surface area contributed by atoms with Gasteiger partial charge in [0.15, 0.2) is 30.8 Å². The third-order valence-electron chi connectivity index (χ3n) is 13.1. The second-order valence-corrected chi connectivity index (χ2v) is 19.9. The second kappa shape index (κ2) is 33.7. The van der Waals surface area contributed by atoms with Crippen LogP contribution in [0.3, 0.4) is 0 Å². The molecule has 2 unspecified atom stereocenters. The number of carbonyl (C=O) groups excluding carboxylic acids is 3. The monoisotopic (exact) mass is 995 g/mol. The fraction of sp³-hybridized carbons (Fsp3) is 0.940. The van der Waals surface area contributed by atoms with Gasteiger partial charge in [-0.15, -0.1) is 0 Å². The maximum Gasteiger partial charge on any atom is 0.306 e. The maximum absolute atomic E-state index is 12.3. The van der Waals surface area contributed by atoms with E-state index in [0.717, 1.165) is 71.1 Å². The molecule has 19 heteroatoms. The summed E-state index contributed by atoms with van der Waals surface area (Å²) >= 11 is 0. The van der Waals surface area contributed by atoms with Crippen molar-refractivity contribution in [3.8, 4) is 0 Å². The number of unbranched alkanes of at least 4 members (excludes halogenated alkanes) is 13. The van der Waals surface area contributed by atoms with Crippen molar-refractivity contribution in [1.29, 1.82) is 0 Å². The molecule has 0 aromatic rings. The van der Waals surface area contributed by atoms with Crippen molar-refractivity contribution in [2.24, 2.45) is 5.92 Å². The van der Waals surface area contributed by atoms with Crippen molar-refractivity contribution in [2.45, 2.75) is 274 Å². The van der Waals surface area contributed by atoms with Gasteiger partial charge in [-0.3, -0.25) is 14.4 Å². The molecule has 3 aliphatic rings. The quantitative estimate of drug-likeness (QED) is 0.0331. The van der Waals surface area contributed by atoms with Gasteiger partial charge in [0.05, 0.1) is 25.4 Å². The van der Waals surface area contributed by atoms with Gasteiger partial charge in [0.1, 0.15) is 67.6 Å². The van der Waals surface area contributed by atoms with Gasteiger partial charge in [0, 0.05) is 13.3 Å². The number of carbonyl (C=O) groups is 3. The van der Waals surface area contributed by atoms with E-state index in [9.17, 15) is 55.2 Å². The van der Waals surface area contributed by atoms with Gasteiger partial charge in [-0.05, 0) is 51.4 Å². The molecule has 0 saturated carbocycles. The lowest BCUT2D eigenvalue weighted by Gasteiger charge is -2.46. The fourth-order valence-corrected chi connectivity index (χ4v) is 8.91. The normalized spacial score (nSPS) is 31.0. The number of rotatable bonds is 35. The molecular formula is C50H90O19. The molecule has 3 heterocycles. The minimum absolute atomic E-state index is 0.0161.